The Morgan fingerprint density at radius 1 is 1.19 bits per heavy atom. The first-order chi connectivity index (χ1) is 12.8. The van der Waals surface area contributed by atoms with Gasteiger partial charge in [-0.05, 0) is 35.4 Å². The summed E-state index contributed by atoms with van der Waals surface area (Å²) < 4.78 is 12.7. The van der Waals surface area contributed by atoms with Gasteiger partial charge in [0, 0.05) is 12.1 Å². The molecular formula is C17H21N5O3S. The average Bonchev–Trinajstić information content (AvgIpc) is 3.15. The highest BCUT2D eigenvalue weighted by Crippen LogP contribution is 2.32. The molecule has 1 N–H and O–H groups in total. The van der Waals surface area contributed by atoms with Crippen molar-refractivity contribution < 1.29 is 14.3 Å². The van der Waals surface area contributed by atoms with E-state index in [2.05, 4.69) is 20.8 Å². The number of nitrogens with one attached hydrogen (secondary N) is 1. The number of ether oxygens (including phenoxy) is 2. The van der Waals surface area contributed by atoms with Crippen molar-refractivity contribution in [2.75, 3.05) is 19.0 Å². The largest absolute Gasteiger partial charge is 0.486 e. The van der Waals surface area contributed by atoms with E-state index < -0.39 is 0 Å². The lowest BCUT2D eigenvalue weighted by Gasteiger charge is -2.22. The van der Waals surface area contributed by atoms with Gasteiger partial charge in [0.05, 0.1) is 11.4 Å². The van der Waals surface area contributed by atoms with Crippen LogP contribution < -0.4 is 14.8 Å². The number of fused-ring (bicyclic) bond motifs is 1. The molecule has 2 aliphatic rings. The number of amides is 1. The van der Waals surface area contributed by atoms with E-state index in [9.17, 15) is 4.79 Å². The first-order valence-electron chi connectivity index (χ1n) is 8.90. The second-order valence-corrected chi connectivity index (χ2v) is 7.33. The molecule has 0 saturated heterocycles. The number of hydrogen-bond donors (Lipinski definition) is 1. The van der Waals surface area contributed by atoms with Gasteiger partial charge in [-0.1, -0.05) is 31.0 Å². The van der Waals surface area contributed by atoms with Crippen LogP contribution in [0.25, 0.3) is 5.69 Å². The molecular weight excluding hydrogens is 354 g/mol. The molecule has 1 aromatic heterocycles. The molecule has 26 heavy (non-hydrogen) atoms. The van der Waals surface area contributed by atoms with E-state index >= 15 is 0 Å². The minimum absolute atomic E-state index is 0.0265. The van der Waals surface area contributed by atoms with Crippen LogP contribution in [-0.2, 0) is 4.79 Å². The molecule has 1 saturated carbocycles. The highest BCUT2D eigenvalue weighted by molar-refractivity contribution is 7.99. The van der Waals surface area contributed by atoms with Crippen LogP contribution >= 0.6 is 11.8 Å². The van der Waals surface area contributed by atoms with Crippen LogP contribution in [0.3, 0.4) is 0 Å². The van der Waals surface area contributed by atoms with E-state index in [0.29, 0.717) is 41.7 Å². The number of carbonyl (C=O) groups excluding carboxylic acids is 1. The Morgan fingerprint density at radius 2 is 2.00 bits per heavy atom. The zero-order chi connectivity index (χ0) is 17.8. The molecule has 0 atom stereocenters. The number of benzene rings is 1. The highest BCUT2D eigenvalue weighted by Gasteiger charge is 2.18. The number of hydrogen-bond acceptors (Lipinski definition) is 7. The molecule has 0 spiro atoms. The standard InChI is InChI=1S/C17H21N5O3S/c23-16(18-12-4-2-1-3-5-12)11-26-17-19-20-21-22(17)13-6-7-14-15(10-13)25-9-8-24-14/h6-7,10,12H,1-5,8-9,11H2,(H,18,23). The topological polar surface area (TPSA) is 91.2 Å². The Hall–Kier alpha value is -2.29. The molecule has 1 fully saturated rings. The molecule has 138 valence electrons. The van der Waals surface area contributed by atoms with Gasteiger partial charge in [0.25, 0.3) is 0 Å². The van der Waals surface area contributed by atoms with Crippen LogP contribution in [0.5, 0.6) is 11.5 Å². The molecule has 8 nitrogen and oxygen atoms in total. The van der Waals surface area contributed by atoms with Crippen molar-refractivity contribution in [1.82, 2.24) is 25.5 Å². The summed E-state index contributed by atoms with van der Waals surface area (Å²) >= 11 is 1.33. The number of rotatable bonds is 5. The van der Waals surface area contributed by atoms with Gasteiger partial charge < -0.3 is 14.8 Å². The van der Waals surface area contributed by atoms with Gasteiger partial charge in [-0.3, -0.25) is 4.79 Å². The van der Waals surface area contributed by atoms with Crippen molar-refractivity contribution in [2.45, 2.75) is 43.3 Å². The van der Waals surface area contributed by atoms with Crippen LogP contribution in [0.4, 0.5) is 0 Å². The molecule has 1 amide bonds. The Bertz CT molecular complexity index is 776. The Kier molecular flexibility index (Phi) is 5.24. The lowest BCUT2D eigenvalue weighted by atomic mass is 9.95. The minimum atomic E-state index is 0.0265. The summed E-state index contributed by atoms with van der Waals surface area (Å²) in [6.45, 7) is 1.07. The third-order valence-corrected chi connectivity index (χ3v) is 5.43. The zero-order valence-electron chi connectivity index (χ0n) is 14.4. The predicted molar refractivity (Wildman–Crippen MR) is 95.9 cm³/mol. The first kappa shape index (κ1) is 17.1. The fraction of sp³-hybridized carbons (Fsp3) is 0.529. The van der Waals surface area contributed by atoms with Crippen LogP contribution in [0, 0.1) is 0 Å². The maximum absolute atomic E-state index is 12.2. The number of thioether (sulfide) groups is 1. The normalized spacial score (nSPS) is 17.1. The molecule has 2 aromatic rings. The summed E-state index contributed by atoms with van der Waals surface area (Å²) in [6.07, 6.45) is 5.81. The van der Waals surface area contributed by atoms with Gasteiger partial charge >= 0.3 is 0 Å². The lowest BCUT2D eigenvalue weighted by Crippen LogP contribution is -2.37. The van der Waals surface area contributed by atoms with Crippen molar-refractivity contribution in [3.8, 4) is 17.2 Å². The van der Waals surface area contributed by atoms with E-state index in [1.165, 1.54) is 31.0 Å². The van der Waals surface area contributed by atoms with Crippen molar-refractivity contribution in [1.29, 1.82) is 0 Å². The summed E-state index contributed by atoms with van der Waals surface area (Å²) in [5, 5.41) is 15.5. The van der Waals surface area contributed by atoms with Crippen molar-refractivity contribution >= 4 is 17.7 Å². The van der Waals surface area contributed by atoms with Gasteiger partial charge in [-0.25, -0.2) is 0 Å². The molecule has 4 rings (SSSR count). The van der Waals surface area contributed by atoms with E-state index in [1.807, 2.05) is 18.2 Å². The van der Waals surface area contributed by atoms with E-state index in [1.54, 1.807) is 4.68 Å². The molecule has 0 bridgehead atoms. The predicted octanol–water partition coefficient (Wildman–Crippen LogP) is 1.97. The maximum Gasteiger partial charge on any atom is 0.230 e. The lowest BCUT2D eigenvalue weighted by molar-refractivity contribution is -0.119. The molecule has 1 aromatic carbocycles. The van der Waals surface area contributed by atoms with Gasteiger partial charge in [-0.2, -0.15) is 4.68 Å². The Labute approximate surface area is 155 Å². The van der Waals surface area contributed by atoms with E-state index in [0.717, 1.165) is 18.5 Å². The van der Waals surface area contributed by atoms with Gasteiger partial charge in [0.1, 0.15) is 13.2 Å². The molecule has 1 aliphatic carbocycles. The Balaban J connectivity index is 1.40. The third kappa shape index (κ3) is 3.92. The summed E-state index contributed by atoms with van der Waals surface area (Å²) in [4.78, 5) is 12.2. The molecule has 1 aliphatic heterocycles. The molecule has 0 radical (unpaired) electrons. The van der Waals surface area contributed by atoms with Crippen molar-refractivity contribution in [2.24, 2.45) is 0 Å². The fourth-order valence-electron chi connectivity index (χ4n) is 3.24. The maximum atomic E-state index is 12.2. The monoisotopic (exact) mass is 375 g/mol. The number of nitrogens with zero attached hydrogens (tertiary/aromatic N) is 4. The molecule has 0 unspecified atom stereocenters. The minimum Gasteiger partial charge on any atom is -0.486 e. The van der Waals surface area contributed by atoms with Crippen molar-refractivity contribution in [3.05, 3.63) is 18.2 Å². The number of aromatic nitrogens is 4. The molecule has 2 heterocycles. The van der Waals surface area contributed by atoms with Crippen LogP contribution in [0.15, 0.2) is 23.4 Å². The highest BCUT2D eigenvalue weighted by atomic mass is 32.2. The van der Waals surface area contributed by atoms with E-state index in [4.69, 9.17) is 9.47 Å². The quantitative estimate of drug-likeness (QED) is 0.799. The smallest absolute Gasteiger partial charge is 0.230 e. The zero-order valence-corrected chi connectivity index (χ0v) is 15.2. The van der Waals surface area contributed by atoms with Gasteiger partial charge in [0.2, 0.25) is 11.1 Å². The molecule has 9 heteroatoms. The summed E-state index contributed by atoms with van der Waals surface area (Å²) in [7, 11) is 0. The van der Waals surface area contributed by atoms with Crippen LogP contribution in [0.1, 0.15) is 32.1 Å². The summed E-state index contributed by atoms with van der Waals surface area (Å²) in [6, 6.07) is 5.87. The Morgan fingerprint density at radius 3 is 2.85 bits per heavy atom. The SMILES string of the molecule is O=C(CSc1nnnn1-c1ccc2c(c1)OCCO2)NC1CCCCC1. The second-order valence-electron chi connectivity index (χ2n) is 6.39. The van der Waals surface area contributed by atoms with Crippen LogP contribution in [-0.4, -0.2) is 51.1 Å². The van der Waals surface area contributed by atoms with Crippen LogP contribution in [0.2, 0.25) is 0 Å². The first-order valence-corrected chi connectivity index (χ1v) is 9.89. The summed E-state index contributed by atoms with van der Waals surface area (Å²) in [5.74, 6) is 1.71. The van der Waals surface area contributed by atoms with E-state index in [-0.39, 0.29) is 5.91 Å². The second kappa shape index (κ2) is 7.94. The average molecular weight is 375 g/mol. The van der Waals surface area contributed by atoms with Crippen molar-refractivity contribution in [3.63, 3.8) is 0 Å². The third-order valence-electron chi connectivity index (χ3n) is 4.51. The fourth-order valence-corrected chi connectivity index (χ4v) is 3.94. The van der Waals surface area contributed by atoms with Gasteiger partial charge in [0.15, 0.2) is 11.5 Å². The van der Waals surface area contributed by atoms with Gasteiger partial charge in [-0.15, -0.1) is 5.10 Å². The number of tetrazole rings is 1. The number of carbonyl (C=O) groups is 1. The summed E-state index contributed by atoms with van der Waals surface area (Å²) in [5.41, 5.74) is 0.773.